The molecule has 0 bridgehead atoms. The number of nitrogens with zero attached hydrogens (tertiary/aromatic N) is 1. The monoisotopic (exact) mass is 287 g/mol. The fraction of sp³-hybridized carbons (Fsp3) is 1.00. The Bertz CT molecular complexity index is 189. The minimum Gasteiger partial charge on any atom is -1.00 e. The number of hydroxylamine groups is 3. The molecular formula is C10H26ClNO4Si. The molecule has 1 N–H and O–H groups in total. The summed E-state index contributed by atoms with van der Waals surface area (Å²) in [6, 6.07) is 0.971. The molecule has 0 aliphatic rings. The van der Waals surface area contributed by atoms with Crippen molar-refractivity contribution in [2.24, 2.45) is 0 Å². The normalized spacial score (nSPS) is 14.3. The summed E-state index contributed by atoms with van der Waals surface area (Å²) < 4.78 is 16.0. The fourth-order valence-corrected chi connectivity index (χ4v) is 3.24. The van der Waals surface area contributed by atoms with Crippen LogP contribution < -0.4 is 12.4 Å². The smallest absolute Gasteiger partial charge is 0.500 e. The average molecular weight is 288 g/mol. The lowest BCUT2D eigenvalue weighted by atomic mass is 10.2. The lowest BCUT2D eigenvalue weighted by molar-refractivity contribution is -1.09. The topological polar surface area (TPSA) is 47.9 Å². The highest BCUT2D eigenvalue weighted by molar-refractivity contribution is 6.60. The van der Waals surface area contributed by atoms with Crippen molar-refractivity contribution < 1.29 is 35.5 Å². The summed E-state index contributed by atoms with van der Waals surface area (Å²) in [5.74, 6) is 0. The Morgan fingerprint density at radius 3 is 1.82 bits per heavy atom. The van der Waals surface area contributed by atoms with Gasteiger partial charge in [-0.3, -0.25) is 0 Å². The zero-order valence-electron chi connectivity index (χ0n) is 11.7. The van der Waals surface area contributed by atoms with Crippen LogP contribution in [0.5, 0.6) is 0 Å². The van der Waals surface area contributed by atoms with E-state index in [-0.39, 0.29) is 23.1 Å². The van der Waals surface area contributed by atoms with Gasteiger partial charge in [0, 0.05) is 33.8 Å². The van der Waals surface area contributed by atoms with Crippen LogP contribution in [0.25, 0.3) is 0 Å². The molecule has 0 aromatic heterocycles. The van der Waals surface area contributed by atoms with Gasteiger partial charge >= 0.3 is 8.80 Å². The Morgan fingerprint density at radius 1 is 1.12 bits per heavy atom. The van der Waals surface area contributed by atoms with Crippen LogP contribution in [0.15, 0.2) is 0 Å². The molecule has 0 rings (SSSR count). The van der Waals surface area contributed by atoms with E-state index < -0.39 is 8.80 Å². The minimum atomic E-state index is -2.43. The standard InChI is InChI=1S/C10H26NO4Si.ClH/c1-10(11(2,3)12)8-7-9-16(13-4,14-5)15-6;/h10,12H,7-9H2,1-6H3;1H/q+1;/p-1. The van der Waals surface area contributed by atoms with Gasteiger partial charge in [-0.15, -0.1) is 0 Å². The third kappa shape index (κ3) is 6.71. The van der Waals surface area contributed by atoms with Crippen molar-refractivity contribution in [3.8, 4) is 0 Å². The van der Waals surface area contributed by atoms with Crippen molar-refractivity contribution in [1.82, 2.24) is 0 Å². The van der Waals surface area contributed by atoms with Crippen molar-refractivity contribution in [2.75, 3.05) is 35.4 Å². The van der Waals surface area contributed by atoms with Gasteiger partial charge in [0.25, 0.3) is 0 Å². The van der Waals surface area contributed by atoms with Gasteiger partial charge in [0.15, 0.2) is 0 Å². The predicted molar refractivity (Wildman–Crippen MR) is 64.2 cm³/mol. The molecule has 0 spiro atoms. The predicted octanol–water partition coefficient (Wildman–Crippen LogP) is -1.50. The second-order valence-corrected chi connectivity index (χ2v) is 7.61. The summed E-state index contributed by atoms with van der Waals surface area (Å²) in [7, 11) is 5.98. The van der Waals surface area contributed by atoms with Gasteiger partial charge < -0.3 is 25.7 Å². The largest absolute Gasteiger partial charge is 1.00 e. The Hall–Kier alpha value is 0.307. The SMILES string of the molecule is CO[Si](CCCC(C)[N+](C)(C)O)(OC)OC.[Cl-]. The van der Waals surface area contributed by atoms with Gasteiger partial charge in [-0.25, -0.2) is 5.21 Å². The Labute approximate surface area is 112 Å². The summed E-state index contributed by atoms with van der Waals surface area (Å²) in [5.41, 5.74) is 0. The second kappa shape index (κ2) is 8.42. The highest BCUT2D eigenvalue weighted by Gasteiger charge is 2.37. The van der Waals surface area contributed by atoms with Crippen LogP contribution in [-0.2, 0) is 13.3 Å². The van der Waals surface area contributed by atoms with Crippen molar-refractivity contribution in [3.05, 3.63) is 0 Å². The Balaban J connectivity index is 0. The van der Waals surface area contributed by atoms with E-state index in [9.17, 15) is 5.21 Å². The third-order valence-corrected chi connectivity index (χ3v) is 5.95. The highest BCUT2D eigenvalue weighted by atomic mass is 35.5. The molecule has 7 heteroatoms. The number of quaternary nitrogens is 1. The van der Waals surface area contributed by atoms with Crippen molar-refractivity contribution in [3.63, 3.8) is 0 Å². The Kier molecular flexibility index (Phi) is 9.72. The van der Waals surface area contributed by atoms with E-state index in [4.69, 9.17) is 13.3 Å². The average Bonchev–Trinajstić information content (AvgIpc) is 2.23. The van der Waals surface area contributed by atoms with Gasteiger partial charge in [0.05, 0.1) is 14.1 Å². The van der Waals surface area contributed by atoms with Crippen LogP contribution in [0.2, 0.25) is 6.04 Å². The maximum atomic E-state index is 9.74. The molecule has 0 aromatic rings. The molecule has 1 unspecified atom stereocenters. The summed E-state index contributed by atoms with van der Waals surface area (Å²) in [6.45, 7) is 2.02. The van der Waals surface area contributed by atoms with E-state index >= 15 is 0 Å². The van der Waals surface area contributed by atoms with Crippen LogP contribution >= 0.6 is 0 Å². The quantitative estimate of drug-likeness (QED) is 0.335. The molecule has 17 heavy (non-hydrogen) atoms. The number of halogens is 1. The lowest BCUT2D eigenvalue weighted by Crippen LogP contribution is -3.00. The minimum absolute atomic E-state index is 0. The molecule has 0 fully saturated rings. The summed E-state index contributed by atoms with van der Waals surface area (Å²) >= 11 is 0. The first kappa shape index (κ1) is 19.6. The molecule has 0 aliphatic carbocycles. The van der Waals surface area contributed by atoms with Crippen molar-refractivity contribution >= 4 is 8.80 Å². The second-order valence-electron chi connectivity index (χ2n) is 4.52. The van der Waals surface area contributed by atoms with E-state index in [2.05, 4.69) is 0 Å². The van der Waals surface area contributed by atoms with Crippen LogP contribution in [-0.4, -0.2) is 60.1 Å². The summed E-state index contributed by atoms with van der Waals surface area (Å²) in [5, 5.41) is 9.74. The van der Waals surface area contributed by atoms with Gasteiger partial charge in [-0.05, 0) is 13.3 Å². The number of rotatable bonds is 8. The van der Waals surface area contributed by atoms with Gasteiger partial charge in [-0.1, -0.05) is 0 Å². The van der Waals surface area contributed by atoms with Crippen molar-refractivity contribution in [1.29, 1.82) is 0 Å². The molecule has 0 saturated heterocycles. The van der Waals surface area contributed by atoms with Crippen LogP contribution in [0.1, 0.15) is 19.8 Å². The molecule has 0 aliphatic heterocycles. The number of hydrogen-bond acceptors (Lipinski definition) is 4. The molecule has 0 aromatic carbocycles. The molecule has 0 amide bonds. The molecular weight excluding hydrogens is 262 g/mol. The van der Waals surface area contributed by atoms with E-state index in [0.717, 1.165) is 18.9 Å². The third-order valence-electron chi connectivity index (χ3n) is 3.12. The highest BCUT2D eigenvalue weighted by Crippen LogP contribution is 2.19. The molecule has 0 radical (unpaired) electrons. The van der Waals surface area contributed by atoms with Crippen LogP contribution in [0, 0.1) is 0 Å². The first-order chi connectivity index (χ1) is 7.31. The van der Waals surface area contributed by atoms with Crippen LogP contribution in [0.3, 0.4) is 0 Å². The van der Waals surface area contributed by atoms with E-state index in [1.807, 2.05) is 6.92 Å². The van der Waals surface area contributed by atoms with Gasteiger partial charge in [-0.2, -0.15) is 4.65 Å². The maximum Gasteiger partial charge on any atom is 0.500 e. The first-order valence-electron chi connectivity index (χ1n) is 5.53. The van der Waals surface area contributed by atoms with E-state index in [1.165, 1.54) is 0 Å². The lowest BCUT2D eigenvalue weighted by Gasteiger charge is -2.29. The molecule has 106 valence electrons. The summed E-state index contributed by atoms with van der Waals surface area (Å²) in [4.78, 5) is 0. The fourth-order valence-electron chi connectivity index (χ4n) is 1.49. The van der Waals surface area contributed by atoms with Crippen molar-refractivity contribution in [2.45, 2.75) is 31.9 Å². The molecule has 5 nitrogen and oxygen atoms in total. The number of hydrogen-bond donors (Lipinski definition) is 1. The maximum absolute atomic E-state index is 9.74. The van der Waals surface area contributed by atoms with Gasteiger partial charge in [0.2, 0.25) is 0 Å². The zero-order valence-corrected chi connectivity index (χ0v) is 13.5. The summed E-state index contributed by atoms with van der Waals surface area (Å²) in [6.07, 6.45) is 1.83. The van der Waals surface area contributed by atoms with Crippen LogP contribution in [0.4, 0.5) is 0 Å². The van der Waals surface area contributed by atoms with Gasteiger partial charge in [0.1, 0.15) is 6.04 Å². The zero-order chi connectivity index (χ0) is 12.8. The van der Waals surface area contributed by atoms with E-state index in [1.54, 1.807) is 35.4 Å². The van der Waals surface area contributed by atoms with E-state index in [0.29, 0.717) is 0 Å². The molecule has 1 atom stereocenters. The molecule has 0 heterocycles. The first-order valence-corrected chi connectivity index (χ1v) is 7.46. The molecule has 0 saturated carbocycles. The Morgan fingerprint density at radius 2 is 1.53 bits per heavy atom.